The van der Waals surface area contributed by atoms with Crippen LogP contribution in [0.3, 0.4) is 0 Å². The van der Waals surface area contributed by atoms with Gasteiger partial charge in [0.15, 0.2) is 0 Å². The Hall–Kier alpha value is -0.0800. The van der Waals surface area contributed by atoms with Crippen molar-refractivity contribution in [2.75, 3.05) is 6.61 Å². The fraction of sp³-hybridized carbons (Fsp3) is 1.00. The van der Waals surface area contributed by atoms with Crippen molar-refractivity contribution >= 4 is 0 Å². The summed E-state index contributed by atoms with van der Waals surface area (Å²) in [6.07, 6.45) is 4.39. The molecule has 0 amide bonds. The smallest absolute Gasteiger partial charge is 0.0980 e. The molecule has 0 aromatic carbocycles. The average Bonchev–Trinajstić information content (AvgIpc) is 1.98. The second kappa shape index (κ2) is 6.44. The molecule has 0 aliphatic rings. The van der Waals surface area contributed by atoms with Crippen LogP contribution in [0, 0.1) is 0 Å². The molecule has 0 rings (SSSR count). The van der Waals surface area contributed by atoms with Crippen LogP contribution < -0.4 is 0 Å². The van der Waals surface area contributed by atoms with Crippen LogP contribution in [0.5, 0.6) is 0 Å². The van der Waals surface area contributed by atoms with Gasteiger partial charge >= 0.3 is 0 Å². The molecule has 0 fully saturated rings. The van der Waals surface area contributed by atoms with Gasteiger partial charge in [-0.1, -0.05) is 26.7 Å². The molecule has 0 aliphatic heterocycles. The maximum Gasteiger partial charge on any atom is 0.0980 e. The van der Waals surface area contributed by atoms with Gasteiger partial charge < -0.3 is 0 Å². The van der Waals surface area contributed by atoms with Crippen LogP contribution in [0.4, 0.5) is 0 Å². The quantitative estimate of drug-likeness (QED) is 0.335. The van der Waals surface area contributed by atoms with Crippen LogP contribution in [-0.2, 0) is 9.78 Å². The summed E-state index contributed by atoms with van der Waals surface area (Å²) in [6.45, 7) is 9.12. The second-order valence-corrected chi connectivity index (χ2v) is 3.77. The van der Waals surface area contributed by atoms with E-state index in [9.17, 15) is 0 Å². The summed E-state index contributed by atoms with van der Waals surface area (Å²) in [4.78, 5) is 10.4. The summed E-state index contributed by atoms with van der Waals surface area (Å²) >= 11 is 0. The zero-order chi connectivity index (χ0) is 9.45. The molecule has 0 bridgehead atoms. The van der Waals surface area contributed by atoms with Gasteiger partial charge in [-0.05, 0) is 26.7 Å². The highest BCUT2D eigenvalue weighted by Gasteiger charge is 2.17. The molecule has 0 aromatic rings. The SMILES string of the molecule is CCCCOOC(C)(C)CCC. The Balaban J connectivity index is 3.33. The van der Waals surface area contributed by atoms with Crippen molar-refractivity contribution in [2.45, 2.75) is 59.0 Å². The first-order valence-electron chi connectivity index (χ1n) is 4.93. The van der Waals surface area contributed by atoms with E-state index in [-0.39, 0.29) is 5.60 Å². The summed E-state index contributed by atoms with van der Waals surface area (Å²) in [5, 5.41) is 0. The molecule has 0 unspecified atom stereocenters. The number of hydrogen-bond acceptors (Lipinski definition) is 2. The lowest BCUT2D eigenvalue weighted by atomic mass is 10.0. The topological polar surface area (TPSA) is 18.5 Å². The first-order valence-corrected chi connectivity index (χ1v) is 4.93. The van der Waals surface area contributed by atoms with E-state index in [0.717, 1.165) is 25.7 Å². The lowest BCUT2D eigenvalue weighted by molar-refractivity contribution is -0.354. The minimum absolute atomic E-state index is 0.123. The molecule has 0 heterocycles. The Kier molecular flexibility index (Phi) is 6.39. The predicted octanol–water partition coefficient (Wildman–Crippen LogP) is 3.31. The van der Waals surface area contributed by atoms with E-state index in [4.69, 9.17) is 9.78 Å². The fourth-order valence-corrected chi connectivity index (χ4v) is 1.05. The van der Waals surface area contributed by atoms with Crippen molar-refractivity contribution < 1.29 is 9.78 Å². The first-order chi connectivity index (χ1) is 5.62. The Bertz CT molecular complexity index is 100. The van der Waals surface area contributed by atoms with Crippen molar-refractivity contribution in [3.63, 3.8) is 0 Å². The highest BCUT2D eigenvalue weighted by Crippen LogP contribution is 2.16. The first kappa shape index (κ1) is 11.9. The molecule has 0 radical (unpaired) electrons. The molecule has 0 saturated carbocycles. The lowest BCUT2D eigenvalue weighted by Crippen LogP contribution is -2.24. The molecule has 2 heteroatoms. The van der Waals surface area contributed by atoms with Gasteiger partial charge in [-0.2, -0.15) is 0 Å². The van der Waals surface area contributed by atoms with Crippen molar-refractivity contribution in [3.05, 3.63) is 0 Å². The van der Waals surface area contributed by atoms with E-state index in [0.29, 0.717) is 6.61 Å². The molecule has 0 saturated heterocycles. The minimum atomic E-state index is -0.123. The van der Waals surface area contributed by atoms with Gasteiger partial charge in [-0.25, -0.2) is 9.78 Å². The normalized spacial score (nSPS) is 12.0. The van der Waals surface area contributed by atoms with Crippen molar-refractivity contribution in [1.29, 1.82) is 0 Å². The predicted molar refractivity (Wildman–Crippen MR) is 50.9 cm³/mol. The summed E-state index contributed by atoms with van der Waals surface area (Å²) in [7, 11) is 0. The Morgan fingerprint density at radius 1 is 1.08 bits per heavy atom. The van der Waals surface area contributed by atoms with Crippen LogP contribution >= 0.6 is 0 Å². The highest BCUT2D eigenvalue weighted by molar-refractivity contribution is 4.64. The molecular weight excluding hydrogens is 152 g/mol. The summed E-state index contributed by atoms with van der Waals surface area (Å²) in [6, 6.07) is 0. The Labute approximate surface area is 76.2 Å². The van der Waals surface area contributed by atoms with Crippen LogP contribution in [0.1, 0.15) is 53.4 Å². The van der Waals surface area contributed by atoms with Gasteiger partial charge in [0.1, 0.15) is 0 Å². The zero-order valence-electron chi connectivity index (χ0n) is 8.85. The van der Waals surface area contributed by atoms with E-state index in [1.807, 2.05) is 0 Å². The minimum Gasteiger partial charge on any atom is -0.236 e. The molecule has 0 aliphatic carbocycles. The molecule has 12 heavy (non-hydrogen) atoms. The molecule has 0 atom stereocenters. The molecule has 74 valence electrons. The summed E-state index contributed by atoms with van der Waals surface area (Å²) in [5.74, 6) is 0. The van der Waals surface area contributed by atoms with Crippen LogP contribution in [-0.4, -0.2) is 12.2 Å². The zero-order valence-corrected chi connectivity index (χ0v) is 8.85. The van der Waals surface area contributed by atoms with Gasteiger partial charge in [0.05, 0.1) is 12.2 Å². The Morgan fingerprint density at radius 3 is 2.25 bits per heavy atom. The van der Waals surface area contributed by atoms with Gasteiger partial charge in [-0.3, -0.25) is 0 Å². The largest absolute Gasteiger partial charge is 0.236 e. The number of rotatable bonds is 7. The molecule has 0 spiro atoms. The molecule has 2 nitrogen and oxygen atoms in total. The van der Waals surface area contributed by atoms with Gasteiger partial charge in [0.2, 0.25) is 0 Å². The third-order valence-electron chi connectivity index (χ3n) is 1.72. The van der Waals surface area contributed by atoms with Crippen LogP contribution in [0.2, 0.25) is 0 Å². The molecule has 0 N–H and O–H groups in total. The van der Waals surface area contributed by atoms with E-state index >= 15 is 0 Å². The maximum atomic E-state index is 5.27. The number of hydrogen-bond donors (Lipinski definition) is 0. The Morgan fingerprint density at radius 2 is 1.75 bits per heavy atom. The van der Waals surface area contributed by atoms with E-state index in [1.54, 1.807) is 0 Å². The summed E-state index contributed by atoms with van der Waals surface area (Å²) < 4.78 is 0. The van der Waals surface area contributed by atoms with Crippen LogP contribution in [0.25, 0.3) is 0 Å². The summed E-state index contributed by atoms with van der Waals surface area (Å²) in [5.41, 5.74) is -0.123. The van der Waals surface area contributed by atoms with Crippen molar-refractivity contribution in [3.8, 4) is 0 Å². The number of unbranched alkanes of at least 4 members (excludes halogenated alkanes) is 1. The van der Waals surface area contributed by atoms with Gasteiger partial charge in [-0.15, -0.1) is 0 Å². The van der Waals surface area contributed by atoms with Crippen LogP contribution in [0.15, 0.2) is 0 Å². The van der Waals surface area contributed by atoms with E-state index < -0.39 is 0 Å². The van der Waals surface area contributed by atoms with Gasteiger partial charge in [0.25, 0.3) is 0 Å². The molecule has 0 aromatic heterocycles. The third kappa shape index (κ3) is 6.62. The highest BCUT2D eigenvalue weighted by atomic mass is 17.2. The average molecular weight is 174 g/mol. The van der Waals surface area contributed by atoms with E-state index in [2.05, 4.69) is 27.7 Å². The van der Waals surface area contributed by atoms with Crippen molar-refractivity contribution in [2.24, 2.45) is 0 Å². The lowest BCUT2D eigenvalue weighted by Gasteiger charge is -2.22. The monoisotopic (exact) mass is 174 g/mol. The van der Waals surface area contributed by atoms with Crippen molar-refractivity contribution in [1.82, 2.24) is 0 Å². The standard InChI is InChI=1S/C10H22O2/c1-5-7-9-11-12-10(3,4)8-6-2/h5-9H2,1-4H3. The fourth-order valence-electron chi connectivity index (χ4n) is 1.05. The molecular formula is C10H22O2. The van der Waals surface area contributed by atoms with E-state index in [1.165, 1.54) is 0 Å². The van der Waals surface area contributed by atoms with Gasteiger partial charge in [0, 0.05) is 0 Å². The second-order valence-electron chi connectivity index (χ2n) is 3.77. The third-order valence-corrected chi connectivity index (χ3v) is 1.72. The maximum absolute atomic E-state index is 5.27.